The lowest BCUT2D eigenvalue weighted by Gasteiger charge is -2.42. The third-order valence-electron chi connectivity index (χ3n) is 6.22. The minimum atomic E-state index is -3.66. The van der Waals surface area contributed by atoms with Crippen LogP contribution in [0.4, 0.5) is 5.69 Å². The van der Waals surface area contributed by atoms with Gasteiger partial charge in [0.1, 0.15) is 17.5 Å². The summed E-state index contributed by atoms with van der Waals surface area (Å²) in [7, 11) is -3.66. The third kappa shape index (κ3) is 6.52. The monoisotopic (exact) mass is 523 g/mol. The molecule has 2 N–H and O–H groups in total. The Balaban J connectivity index is 1.38. The van der Waals surface area contributed by atoms with Gasteiger partial charge >= 0.3 is 0 Å². The smallest absolute Gasteiger partial charge is 0.243 e. The Labute approximate surface area is 210 Å². The SMILES string of the molecule is C[C@]1(O)CCN(CC(=O)Nc2cccc(S(=O)(=O)N3CCOCC3)c2)C[C@@H]1Oc1cccc(Cl)c1. The van der Waals surface area contributed by atoms with E-state index in [1.54, 1.807) is 43.3 Å². The molecule has 0 bridgehead atoms. The highest BCUT2D eigenvalue weighted by molar-refractivity contribution is 7.89. The Hall–Kier alpha value is -2.21. The summed E-state index contributed by atoms with van der Waals surface area (Å²) < 4.78 is 38.5. The number of piperidine rings is 1. The summed E-state index contributed by atoms with van der Waals surface area (Å²) in [6.07, 6.45) is -0.122. The van der Waals surface area contributed by atoms with Gasteiger partial charge in [-0.05, 0) is 49.7 Å². The Morgan fingerprint density at radius 3 is 2.69 bits per heavy atom. The van der Waals surface area contributed by atoms with E-state index in [-0.39, 0.29) is 17.3 Å². The number of halogens is 1. The predicted molar refractivity (Wildman–Crippen MR) is 132 cm³/mol. The van der Waals surface area contributed by atoms with E-state index in [0.717, 1.165) is 0 Å². The van der Waals surface area contributed by atoms with Crippen LogP contribution in [0.1, 0.15) is 13.3 Å². The lowest BCUT2D eigenvalue weighted by Crippen LogP contribution is -2.57. The summed E-state index contributed by atoms with van der Waals surface area (Å²) in [6.45, 7) is 3.98. The molecule has 2 fully saturated rings. The number of aliphatic hydroxyl groups is 1. The van der Waals surface area contributed by atoms with Crippen molar-refractivity contribution < 1.29 is 27.8 Å². The van der Waals surface area contributed by atoms with Crippen molar-refractivity contribution in [2.75, 3.05) is 51.3 Å². The van der Waals surface area contributed by atoms with Crippen LogP contribution in [0.25, 0.3) is 0 Å². The van der Waals surface area contributed by atoms with Crippen molar-refractivity contribution >= 4 is 33.2 Å². The van der Waals surface area contributed by atoms with E-state index >= 15 is 0 Å². The summed E-state index contributed by atoms with van der Waals surface area (Å²) >= 11 is 6.04. The molecule has 11 heteroatoms. The molecule has 9 nitrogen and oxygen atoms in total. The minimum absolute atomic E-state index is 0.0753. The molecule has 0 spiro atoms. The second kappa shape index (κ2) is 10.8. The van der Waals surface area contributed by atoms with Crippen molar-refractivity contribution in [2.45, 2.75) is 29.9 Å². The number of ether oxygens (including phenoxy) is 2. The van der Waals surface area contributed by atoms with Gasteiger partial charge in [0.15, 0.2) is 0 Å². The topological polar surface area (TPSA) is 108 Å². The van der Waals surface area contributed by atoms with E-state index in [9.17, 15) is 18.3 Å². The van der Waals surface area contributed by atoms with Crippen LogP contribution in [-0.4, -0.2) is 86.3 Å². The molecule has 2 atom stereocenters. The molecule has 0 aromatic heterocycles. The van der Waals surface area contributed by atoms with Crippen LogP contribution >= 0.6 is 11.6 Å². The van der Waals surface area contributed by atoms with Crippen LogP contribution in [0.2, 0.25) is 5.02 Å². The number of hydrogen-bond donors (Lipinski definition) is 2. The molecule has 2 saturated heterocycles. The number of nitrogens with zero attached hydrogens (tertiary/aromatic N) is 2. The maximum Gasteiger partial charge on any atom is 0.243 e. The highest BCUT2D eigenvalue weighted by Gasteiger charge is 2.40. The van der Waals surface area contributed by atoms with Crippen molar-refractivity contribution in [3.63, 3.8) is 0 Å². The van der Waals surface area contributed by atoms with Crippen LogP contribution < -0.4 is 10.1 Å². The molecular weight excluding hydrogens is 494 g/mol. The van der Waals surface area contributed by atoms with Gasteiger partial charge in [0, 0.05) is 36.9 Å². The number of nitrogens with one attached hydrogen (secondary N) is 1. The van der Waals surface area contributed by atoms with Crippen LogP contribution in [0.5, 0.6) is 5.75 Å². The first kappa shape index (κ1) is 25.9. The van der Waals surface area contributed by atoms with Gasteiger partial charge in [0.25, 0.3) is 0 Å². The Bertz CT molecular complexity index is 1150. The molecule has 1 amide bonds. The van der Waals surface area contributed by atoms with Crippen LogP contribution in [0.3, 0.4) is 0 Å². The number of sulfonamides is 1. The standard InChI is InChI=1S/C24H30ClN3O6S/c1-24(30)8-9-27(16-22(24)34-20-6-2-4-18(25)14-20)17-23(29)26-19-5-3-7-21(15-19)35(31,32)28-10-12-33-13-11-28/h2-7,14-15,22,30H,8-13,16-17H2,1H3,(H,26,29)/t22-,24-/m0/s1. The van der Waals surface area contributed by atoms with Gasteiger partial charge in [-0.1, -0.05) is 23.7 Å². The number of morpholine rings is 1. The predicted octanol–water partition coefficient (Wildman–Crippen LogP) is 2.20. The summed E-state index contributed by atoms with van der Waals surface area (Å²) in [6, 6.07) is 13.2. The molecule has 2 aliphatic heterocycles. The summed E-state index contributed by atoms with van der Waals surface area (Å²) in [5.41, 5.74) is -0.655. The van der Waals surface area contributed by atoms with Gasteiger partial charge in [0.2, 0.25) is 15.9 Å². The molecule has 0 saturated carbocycles. The second-order valence-corrected chi connectivity index (χ2v) is 11.4. The molecule has 0 unspecified atom stereocenters. The van der Waals surface area contributed by atoms with Crippen molar-refractivity contribution in [1.29, 1.82) is 0 Å². The first-order chi connectivity index (χ1) is 16.6. The Morgan fingerprint density at radius 1 is 1.20 bits per heavy atom. The number of likely N-dealkylation sites (tertiary alicyclic amines) is 1. The molecule has 2 aromatic carbocycles. The third-order valence-corrected chi connectivity index (χ3v) is 8.35. The number of anilines is 1. The number of carbonyl (C=O) groups excluding carboxylic acids is 1. The molecule has 2 aliphatic rings. The zero-order valence-corrected chi connectivity index (χ0v) is 21.1. The summed E-state index contributed by atoms with van der Waals surface area (Å²) in [4.78, 5) is 14.8. The second-order valence-electron chi connectivity index (χ2n) is 9.00. The van der Waals surface area contributed by atoms with E-state index in [4.69, 9.17) is 21.1 Å². The lowest BCUT2D eigenvalue weighted by atomic mass is 9.90. The fourth-order valence-corrected chi connectivity index (χ4v) is 5.79. The largest absolute Gasteiger partial charge is 0.486 e. The number of amides is 1. The first-order valence-corrected chi connectivity index (χ1v) is 13.3. The molecule has 35 heavy (non-hydrogen) atoms. The van der Waals surface area contributed by atoms with Crippen LogP contribution in [-0.2, 0) is 19.6 Å². The molecule has 2 heterocycles. The van der Waals surface area contributed by atoms with Crippen LogP contribution in [0, 0.1) is 0 Å². The van der Waals surface area contributed by atoms with Crippen molar-refractivity contribution in [3.8, 4) is 5.75 Å². The number of rotatable bonds is 7. The number of benzene rings is 2. The zero-order chi connectivity index (χ0) is 25.1. The lowest BCUT2D eigenvalue weighted by molar-refractivity contribution is -0.122. The molecular formula is C24H30ClN3O6S. The maximum absolute atomic E-state index is 12.9. The highest BCUT2D eigenvalue weighted by Crippen LogP contribution is 2.28. The van der Waals surface area contributed by atoms with Gasteiger partial charge in [-0.25, -0.2) is 8.42 Å². The average molecular weight is 524 g/mol. The minimum Gasteiger partial charge on any atom is -0.486 e. The number of hydrogen-bond acceptors (Lipinski definition) is 7. The van der Waals surface area contributed by atoms with E-state index in [2.05, 4.69) is 5.32 Å². The summed E-state index contributed by atoms with van der Waals surface area (Å²) in [5, 5.41) is 14.1. The molecule has 0 radical (unpaired) electrons. The zero-order valence-electron chi connectivity index (χ0n) is 19.5. The quantitative estimate of drug-likeness (QED) is 0.572. The number of carbonyl (C=O) groups is 1. The Morgan fingerprint density at radius 2 is 1.94 bits per heavy atom. The molecule has 2 aromatic rings. The highest BCUT2D eigenvalue weighted by atomic mass is 35.5. The molecule has 4 rings (SSSR count). The fourth-order valence-electron chi connectivity index (χ4n) is 4.15. The van der Waals surface area contributed by atoms with Crippen molar-refractivity contribution in [2.24, 2.45) is 0 Å². The summed E-state index contributed by atoms with van der Waals surface area (Å²) in [5.74, 6) is 0.265. The van der Waals surface area contributed by atoms with Gasteiger partial charge in [-0.15, -0.1) is 0 Å². The van der Waals surface area contributed by atoms with Gasteiger partial charge in [-0.2, -0.15) is 4.31 Å². The van der Waals surface area contributed by atoms with E-state index in [0.29, 0.717) is 62.3 Å². The van der Waals surface area contributed by atoms with Gasteiger partial charge in [-0.3, -0.25) is 9.69 Å². The average Bonchev–Trinajstić information content (AvgIpc) is 2.82. The fraction of sp³-hybridized carbons (Fsp3) is 0.458. The van der Waals surface area contributed by atoms with Crippen LogP contribution in [0.15, 0.2) is 53.4 Å². The van der Waals surface area contributed by atoms with Gasteiger partial charge in [0.05, 0.1) is 24.7 Å². The molecule has 0 aliphatic carbocycles. The maximum atomic E-state index is 12.9. The first-order valence-electron chi connectivity index (χ1n) is 11.5. The molecule has 190 valence electrons. The van der Waals surface area contributed by atoms with E-state index in [1.807, 2.05) is 4.90 Å². The van der Waals surface area contributed by atoms with Gasteiger partial charge < -0.3 is 19.9 Å². The normalized spacial score (nSPS) is 24.1. The Kier molecular flexibility index (Phi) is 7.99. The van der Waals surface area contributed by atoms with Crippen molar-refractivity contribution in [1.82, 2.24) is 9.21 Å². The van der Waals surface area contributed by atoms with E-state index in [1.165, 1.54) is 16.4 Å². The van der Waals surface area contributed by atoms with E-state index < -0.39 is 21.7 Å². The van der Waals surface area contributed by atoms with Crippen molar-refractivity contribution in [3.05, 3.63) is 53.6 Å².